The molecule has 4 nitrogen and oxygen atoms in total. The minimum atomic E-state index is 0.895. The molecule has 70 valence electrons. The molecule has 5 heteroatoms. The number of rotatable bonds is 4. The van der Waals surface area contributed by atoms with Crippen molar-refractivity contribution in [3.8, 4) is 0 Å². The first-order valence-corrected chi connectivity index (χ1v) is 5.37. The average Bonchev–Trinajstić information content (AvgIpc) is 2.64. The van der Waals surface area contributed by atoms with Crippen molar-refractivity contribution >= 4 is 16.3 Å². The van der Waals surface area contributed by atoms with Crippen molar-refractivity contribution in [2.45, 2.75) is 32.6 Å². The Morgan fingerprint density at radius 1 is 1.46 bits per heavy atom. The van der Waals surface area contributed by atoms with Gasteiger partial charge in [-0.1, -0.05) is 31.1 Å². The Balaban J connectivity index is 2.03. The van der Waals surface area contributed by atoms with E-state index >= 15 is 0 Å². The molecule has 0 aliphatic heterocycles. The smallest absolute Gasteiger partial charge is 0.190 e. The average molecular weight is 196 g/mol. The van der Waals surface area contributed by atoms with Crippen molar-refractivity contribution in [1.82, 2.24) is 19.8 Å². The van der Waals surface area contributed by atoms with Crippen LogP contribution in [0.1, 0.15) is 31.2 Å². The van der Waals surface area contributed by atoms with Crippen LogP contribution in [0.3, 0.4) is 0 Å². The summed E-state index contributed by atoms with van der Waals surface area (Å²) in [5.74, 6) is 0. The van der Waals surface area contributed by atoms with Gasteiger partial charge in [0.15, 0.2) is 0 Å². The molecule has 0 unspecified atom stereocenters. The zero-order valence-corrected chi connectivity index (χ0v) is 8.42. The second-order valence-corrected chi connectivity index (χ2v) is 4.05. The normalized spacial score (nSPS) is 11.2. The van der Waals surface area contributed by atoms with Crippen LogP contribution in [0.4, 0.5) is 0 Å². The third-order valence-corrected chi connectivity index (χ3v) is 2.90. The number of hydrogen-bond acceptors (Lipinski definition) is 4. The molecule has 0 fully saturated rings. The maximum Gasteiger partial charge on any atom is 0.234 e. The monoisotopic (exact) mass is 196 g/mol. The van der Waals surface area contributed by atoms with Crippen molar-refractivity contribution in [3.63, 3.8) is 0 Å². The van der Waals surface area contributed by atoms with Crippen molar-refractivity contribution in [2.75, 3.05) is 0 Å². The van der Waals surface area contributed by atoms with Gasteiger partial charge in [-0.15, -0.1) is 10.2 Å². The summed E-state index contributed by atoms with van der Waals surface area (Å²) in [5, 5.41) is 13.2. The summed E-state index contributed by atoms with van der Waals surface area (Å²) in [4.78, 5) is 0.895. The zero-order chi connectivity index (χ0) is 9.10. The van der Waals surface area contributed by atoms with Crippen LogP contribution in [0.15, 0.2) is 6.33 Å². The highest BCUT2D eigenvalue weighted by molar-refractivity contribution is 7.16. The van der Waals surface area contributed by atoms with E-state index in [9.17, 15) is 0 Å². The van der Waals surface area contributed by atoms with Gasteiger partial charge in [-0.2, -0.15) is 9.61 Å². The van der Waals surface area contributed by atoms with Gasteiger partial charge in [0.2, 0.25) is 4.96 Å². The third kappa shape index (κ3) is 1.85. The van der Waals surface area contributed by atoms with E-state index in [2.05, 4.69) is 22.2 Å². The molecule has 0 bridgehead atoms. The standard InChI is InChI=1S/C8H12N4S/c1-2-3-4-5-7-11-12-6-9-10-8(12)13-7/h6H,2-5H2,1H3. The van der Waals surface area contributed by atoms with E-state index in [1.54, 1.807) is 22.2 Å². The summed E-state index contributed by atoms with van der Waals surface area (Å²) in [7, 11) is 0. The first kappa shape index (κ1) is 8.62. The molecule has 0 aromatic carbocycles. The molecule has 0 aliphatic rings. The van der Waals surface area contributed by atoms with Crippen LogP contribution in [-0.4, -0.2) is 19.8 Å². The summed E-state index contributed by atoms with van der Waals surface area (Å²) in [5.41, 5.74) is 0. The largest absolute Gasteiger partial charge is 0.234 e. The molecule has 2 aromatic rings. The van der Waals surface area contributed by atoms with Crippen LogP contribution in [-0.2, 0) is 6.42 Å². The second-order valence-electron chi connectivity index (χ2n) is 3.01. The van der Waals surface area contributed by atoms with E-state index in [0.29, 0.717) is 0 Å². The van der Waals surface area contributed by atoms with Gasteiger partial charge in [0, 0.05) is 6.42 Å². The molecule has 13 heavy (non-hydrogen) atoms. The third-order valence-electron chi connectivity index (χ3n) is 1.92. The van der Waals surface area contributed by atoms with Gasteiger partial charge in [-0.05, 0) is 6.42 Å². The molecule has 0 N–H and O–H groups in total. The Morgan fingerprint density at radius 3 is 3.15 bits per heavy atom. The quantitative estimate of drug-likeness (QED) is 0.702. The van der Waals surface area contributed by atoms with Gasteiger partial charge < -0.3 is 0 Å². The van der Waals surface area contributed by atoms with Crippen molar-refractivity contribution in [2.24, 2.45) is 0 Å². The maximum atomic E-state index is 4.35. The first-order valence-electron chi connectivity index (χ1n) is 4.56. The zero-order valence-electron chi connectivity index (χ0n) is 7.60. The highest BCUT2D eigenvalue weighted by Crippen LogP contribution is 2.14. The van der Waals surface area contributed by atoms with Gasteiger partial charge in [0.05, 0.1) is 0 Å². The molecule has 0 amide bonds. The molecule has 0 saturated heterocycles. The lowest BCUT2D eigenvalue weighted by Crippen LogP contribution is -1.87. The van der Waals surface area contributed by atoms with Gasteiger partial charge in [-0.25, -0.2) is 0 Å². The highest BCUT2D eigenvalue weighted by Gasteiger charge is 2.03. The fourth-order valence-electron chi connectivity index (χ4n) is 1.23. The predicted molar refractivity (Wildman–Crippen MR) is 51.9 cm³/mol. The Kier molecular flexibility index (Phi) is 2.54. The molecule has 0 aliphatic carbocycles. The van der Waals surface area contributed by atoms with Crippen molar-refractivity contribution < 1.29 is 0 Å². The lowest BCUT2D eigenvalue weighted by Gasteiger charge is -1.92. The van der Waals surface area contributed by atoms with E-state index in [1.807, 2.05) is 0 Å². The number of aryl methyl sites for hydroxylation is 1. The van der Waals surface area contributed by atoms with Crippen molar-refractivity contribution in [3.05, 3.63) is 11.3 Å². The van der Waals surface area contributed by atoms with E-state index in [1.165, 1.54) is 24.3 Å². The number of hydrogen-bond donors (Lipinski definition) is 0. The molecule has 2 aromatic heterocycles. The number of nitrogens with zero attached hydrogens (tertiary/aromatic N) is 4. The van der Waals surface area contributed by atoms with E-state index < -0.39 is 0 Å². The molecule has 0 spiro atoms. The summed E-state index contributed by atoms with van der Waals surface area (Å²) >= 11 is 1.63. The Morgan fingerprint density at radius 2 is 2.38 bits per heavy atom. The lowest BCUT2D eigenvalue weighted by atomic mass is 10.2. The van der Waals surface area contributed by atoms with Crippen LogP contribution in [0.5, 0.6) is 0 Å². The van der Waals surface area contributed by atoms with E-state index in [4.69, 9.17) is 0 Å². The van der Waals surface area contributed by atoms with Crippen LogP contribution < -0.4 is 0 Å². The van der Waals surface area contributed by atoms with Crippen LogP contribution in [0.25, 0.3) is 4.96 Å². The molecular weight excluding hydrogens is 184 g/mol. The SMILES string of the molecule is CCCCCc1nn2cnnc2s1. The molecule has 0 atom stereocenters. The molecule has 2 heterocycles. The summed E-state index contributed by atoms with van der Waals surface area (Å²) in [6.45, 7) is 2.21. The minimum absolute atomic E-state index is 0.895. The summed E-state index contributed by atoms with van der Waals surface area (Å²) in [6.07, 6.45) is 6.47. The lowest BCUT2D eigenvalue weighted by molar-refractivity contribution is 0.706. The Bertz CT molecular complexity index is 350. The van der Waals surface area contributed by atoms with Crippen LogP contribution in [0.2, 0.25) is 0 Å². The van der Waals surface area contributed by atoms with Gasteiger partial charge in [0.1, 0.15) is 11.3 Å². The Hall–Kier alpha value is -0.970. The topological polar surface area (TPSA) is 43.1 Å². The predicted octanol–water partition coefficient (Wildman–Crippen LogP) is 1.92. The second kappa shape index (κ2) is 3.83. The highest BCUT2D eigenvalue weighted by atomic mass is 32.1. The minimum Gasteiger partial charge on any atom is -0.190 e. The van der Waals surface area contributed by atoms with Crippen LogP contribution >= 0.6 is 11.3 Å². The summed E-state index contributed by atoms with van der Waals surface area (Å²) in [6, 6.07) is 0. The Labute approximate surface area is 80.6 Å². The van der Waals surface area contributed by atoms with Crippen molar-refractivity contribution in [1.29, 1.82) is 0 Å². The van der Waals surface area contributed by atoms with Crippen LogP contribution in [0, 0.1) is 0 Å². The first-order chi connectivity index (χ1) is 6.40. The molecule has 0 radical (unpaired) electrons. The molecule has 0 saturated carbocycles. The molecular formula is C8H12N4S. The fraction of sp³-hybridized carbons (Fsp3) is 0.625. The van der Waals surface area contributed by atoms with E-state index in [0.717, 1.165) is 11.4 Å². The van der Waals surface area contributed by atoms with Gasteiger partial charge in [0.25, 0.3) is 0 Å². The summed E-state index contributed by atoms with van der Waals surface area (Å²) < 4.78 is 1.74. The molecule has 2 rings (SSSR count). The number of unbranched alkanes of at least 4 members (excludes halogenated alkanes) is 2. The fourth-order valence-corrected chi connectivity index (χ4v) is 2.08. The number of aromatic nitrogens is 4. The van der Waals surface area contributed by atoms with Gasteiger partial charge >= 0.3 is 0 Å². The maximum absolute atomic E-state index is 4.35. The van der Waals surface area contributed by atoms with Gasteiger partial charge in [-0.3, -0.25) is 0 Å². The number of fused-ring (bicyclic) bond motifs is 1. The van der Waals surface area contributed by atoms with E-state index in [-0.39, 0.29) is 0 Å².